The number of hydrogen-bond donors (Lipinski definition) is 1. The summed E-state index contributed by atoms with van der Waals surface area (Å²) in [5, 5.41) is 2.65. The van der Waals surface area contributed by atoms with E-state index < -0.39 is 11.8 Å². The number of aryl methyl sites for hydroxylation is 2. The molecule has 150 valence electrons. The van der Waals surface area contributed by atoms with Crippen molar-refractivity contribution < 1.29 is 14.0 Å². The molecule has 1 fully saturated rings. The molecule has 1 aromatic heterocycles. The van der Waals surface area contributed by atoms with Crippen LogP contribution < -0.4 is 10.2 Å². The zero-order valence-corrected chi connectivity index (χ0v) is 18.6. The first-order valence-electron chi connectivity index (χ1n) is 9.18. The van der Waals surface area contributed by atoms with Crippen LogP contribution in [0.1, 0.15) is 16.9 Å². The monoisotopic (exact) mass is 480 g/mol. The van der Waals surface area contributed by atoms with E-state index in [4.69, 9.17) is 16.6 Å². The fraction of sp³-hybridized carbons (Fsp3) is 0.0870. The third-order valence-corrected chi connectivity index (χ3v) is 5.70. The molecule has 7 heteroatoms. The van der Waals surface area contributed by atoms with E-state index in [0.29, 0.717) is 17.2 Å². The van der Waals surface area contributed by atoms with Gasteiger partial charge in [0.2, 0.25) is 0 Å². The first kappa shape index (κ1) is 20.3. The Labute approximate surface area is 187 Å². The molecule has 3 aromatic rings. The fourth-order valence-corrected chi connectivity index (χ4v) is 4.19. The third kappa shape index (κ3) is 3.74. The molecule has 5 nitrogen and oxygen atoms in total. The summed E-state index contributed by atoms with van der Waals surface area (Å²) in [6.07, 6.45) is 1.44. The molecule has 0 aliphatic carbocycles. The Morgan fingerprint density at radius 3 is 2.57 bits per heavy atom. The van der Waals surface area contributed by atoms with Gasteiger partial charge in [0.15, 0.2) is 5.11 Å². The number of carbonyl (C=O) groups is 2. The van der Waals surface area contributed by atoms with Crippen LogP contribution in [-0.4, -0.2) is 16.9 Å². The number of benzene rings is 2. The van der Waals surface area contributed by atoms with Gasteiger partial charge >= 0.3 is 0 Å². The minimum Gasteiger partial charge on any atom is -0.457 e. The number of nitrogens with zero attached hydrogens (tertiary/aromatic N) is 1. The second kappa shape index (κ2) is 8.01. The molecule has 2 amide bonds. The smallest absolute Gasteiger partial charge is 0.270 e. The van der Waals surface area contributed by atoms with Crippen LogP contribution in [0.2, 0.25) is 0 Å². The molecule has 1 aliphatic heterocycles. The normalized spacial score (nSPS) is 15.6. The summed E-state index contributed by atoms with van der Waals surface area (Å²) in [5.74, 6) is -0.0194. The minimum atomic E-state index is -0.552. The zero-order valence-electron chi connectivity index (χ0n) is 16.2. The van der Waals surface area contributed by atoms with E-state index in [2.05, 4.69) is 21.2 Å². The number of amides is 2. The van der Waals surface area contributed by atoms with Crippen molar-refractivity contribution in [2.24, 2.45) is 0 Å². The first-order chi connectivity index (χ1) is 14.3. The van der Waals surface area contributed by atoms with Crippen molar-refractivity contribution in [3.63, 3.8) is 0 Å². The molecule has 0 unspecified atom stereocenters. The van der Waals surface area contributed by atoms with Gasteiger partial charge in [-0.2, -0.15) is 0 Å². The topological polar surface area (TPSA) is 62.6 Å². The highest BCUT2D eigenvalue weighted by Gasteiger charge is 2.35. The lowest BCUT2D eigenvalue weighted by Gasteiger charge is -2.29. The van der Waals surface area contributed by atoms with E-state index >= 15 is 0 Å². The van der Waals surface area contributed by atoms with E-state index in [1.54, 1.807) is 18.2 Å². The molecule has 4 rings (SSSR count). The van der Waals surface area contributed by atoms with E-state index in [1.807, 2.05) is 50.2 Å². The van der Waals surface area contributed by atoms with Crippen LogP contribution in [0, 0.1) is 13.8 Å². The van der Waals surface area contributed by atoms with Crippen molar-refractivity contribution in [2.75, 3.05) is 4.90 Å². The van der Waals surface area contributed by atoms with Crippen molar-refractivity contribution >= 4 is 56.8 Å². The van der Waals surface area contributed by atoms with E-state index in [9.17, 15) is 9.59 Å². The van der Waals surface area contributed by atoms with Gasteiger partial charge in [-0.15, -0.1) is 0 Å². The van der Waals surface area contributed by atoms with Crippen molar-refractivity contribution in [3.8, 4) is 11.3 Å². The largest absolute Gasteiger partial charge is 0.457 e. The Kier molecular flexibility index (Phi) is 5.40. The second-order valence-electron chi connectivity index (χ2n) is 6.93. The molecule has 0 atom stereocenters. The van der Waals surface area contributed by atoms with Gasteiger partial charge in [0, 0.05) is 10.0 Å². The van der Waals surface area contributed by atoms with Crippen LogP contribution in [0.3, 0.4) is 0 Å². The highest BCUT2D eigenvalue weighted by molar-refractivity contribution is 9.10. The molecule has 2 heterocycles. The third-order valence-electron chi connectivity index (χ3n) is 4.76. The summed E-state index contributed by atoms with van der Waals surface area (Å²) in [6.45, 7) is 3.88. The maximum Gasteiger partial charge on any atom is 0.270 e. The van der Waals surface area contributed by atoms with Gasteiger partial charge < -0.3 is 4.42 Å². The van der Waals surface area contributed by atoms with Crippen molar-refractivity contribution in [2.45, 2.75) is 13.8 Å². The molecule has 2 aromatic carbocycles. The Morgan fingerprint density at radius 2 is 1.83 bits per heavy atom. The Balaban J connectivity index is 1.70. The molecule has 0 radical (unpaired) electrons. The molecule has 30 heavy (non-hydrogen) atoms. The molecule has 1 aliphatic rings. The Morgan fingerprint density at radius 1 is 1.07 bits per heavy atom. The van der Waals surface area contributed by atoms with E-state index in [-0.39, 0.29) is 10.7 Å². The minimum absolute atomic E-state index is 0.0456. The fourth-order valence-electron chi connectivity index (χ4n) is 3.23. The van der Waals surface area contributed by atoms with E-state index in [1.165, 1.54) is 11.0 Å². The quantitative estimate of drug-likeness (QED) is 0.319. The number of halogens is 1. The lowest BCUT2D eigenvalue weighted by Crippen LogP contribution is -2.54. The van der Waals surface area contributed by atoms with Gasteiger partial charge in [-0.05, 0) is 73.6 Å². The van der Waals surface area contributed by atoms with Gasteiger partial charge in [-0.1, -0.05) is 40.2 Å². The summed E-state index contributed by atoms with van der Waals surface area (Å²) < 4.78 is 6.79. The second-order valence-corrected chi connectivity index (χ2v) is 8.17. The Hall–Kier alpha value is -3.03. The van der Waals surface area contributed by atoms with Crippen LogP contribution in [0.25, 0.3) is 17.4 Å². The molecule has 0 bridgehead atoms. The number of nitrogens with one attached hydrogen (secondary N) is 1. The van der Waals surface area contributed by atoms with Gasteiger partial charge in [0.1, 0.15) is 17.1 Å². The van der Waals surface area contributed by atoms with Crippen molar-refractivity contribution in [1.82, 2.24) is 5.32 Å². The lowest BCUT2D eigenvalue weighted by atomic mass is 10.1. The van der Waals surface area contributed by atoms with Crippen molar-refractivity contribution in [1.29, 1.82) is 0 Å². The maximum atomic E-state index is 13.1. The van der Waals surface area contributed by atoms with Crippen LogP contribution in [0.15, 0.2) is 69.1 Å². The summed E-state index contributed by atoms with van der Waals surface area (Å²) in [7, 11) is 0. The molecular weight excluding hydrogens is 464 g/mol. The standard InChI is InChI=1S/C23H17BrN2O3S/c1-13-7-9-16(18(24)11-13)20-10-8-15(29-20)12-17-21(27)25-23(30)26(22(17)28)19-6-4-3-5-14(19)2/h3-12H,1-2H3,(H,25,27,30)/b17-12+. The summed E-state index contributed by atoms with van der Waals surface area (Å²) in [6, 6.07) is 16.8. The van der Waals surface area contributed by atoms with Crippen molar-refractivity contribution in [3.05, 3.63) is 81.5 Å². The summed E-state index contributed by atoms with van der Waals surface area (Å²) >= 11 is 8.79. The molecule has 0 saturated carbocycles. The highest BCUT2D eigenvalue weighted by Crippen LogP contribution is 2.31. The Bertz CT molecular complexity index is 1230. The predicted molar refractivity (Wildman–Crippen MR) is 124 cm³/mol. The summed E-state index contributed by atoms with van der Waals surface area (Å²) in [4.78, 5) is 26.9. The number of carbonyl (C=O) groups excluding carboxylic acids is 2. The number of para-hydroxylation sites is 1. The molecule has 0 spiro atoms. The van der Waals surface area contributed by atoms with E-state index in [0.717, 1.165) is 21.2 Å². The van der Waals surface area contributed by atoms with Gasteiger partial charge in [0.25, 0.3) is 11.8 Å². The lowest BCUT2D eigenvalue weighted by molar-refractivity contribution is -0.122. The average molecular weight is 481 g/mol. The SMILES string of the molecule is Cc1ccc(-c2ccc(/C=C3\C(=O)NC(=S)N(c4ccccc4C)C3=O)o2)c(Br)c1. The molecule has 1 saturated heterocycles. The number of rotatable bonds is 3. The summed E-state index contributed by atoms with van der Waals surface area (Å²) in [5.41, 5.74) is 3.45. The first-order valence-corrected chi connectivity index (χ1v) is 10.4. The maximum absolute atomic E-state index is 13.1. The number of hydrogen-bond acceptors (Lipinski definition) is 4. The number of anilines is 1. The predicted octanol–water partition coefficient (Wildman–Crippen LogP) is 5.16. The van der Waals surface area contributed by atoms with Crippen LogP contribution in [0.5, 0.6) is 0 Å². The number of thiocarbonyl (C=S) groups is 1. The van der Waals surface area contributed by atoms with Gasteiger partial charge in [-0.3, -0.25) is 19.8 Å². The number of furan rings is 1. The highest BCUT2D eigenvalue weighted by atomic mass is 79.9. The van der Waals surface area contributed by atoms with Gasteiger partial charge in [0.05, 0.1) is 5.69 Å². The zero-order chi connectivity index (χ0) is 21.4. The van der Waals surface area contributed by atoms with Crippen LogP contribution >= 0.6 is 28.1 Å². The average Bonchev–Trinajstić information content (AvgIpc) is 3.15. The molecule has 1 N–H and O–H groups in total. The molecular formula is C23H17BrN2O3S. The van der Waals surface area contributed by atoms with Gasteiger partial charge in [-0.25, -0.2) is 0 Å². The van der Waals surface area contributed by atoms with Crippen LogP contribution in [0.4, 0.5) is 5.69 Å². The van der Waals surface area contributed by atoms with Crippen LogP contribution in [-0.2, 0) is 9.59 Å².